The first-order valence-electron chi connectivity index (χ1n) is 4.16. The fraction of sp³-hybridized carbons (Fsp3) is 0. The Bertz CT molecular complexity index is 499. The van der Waals surface area contributed by atoms with Gasteiger partial charge < -0.3 is 10.1 Å². The molecule has 2 rings (SSSR count). The Morgan fingerprint density at radius 1 is 1.50 bits per heavy atom. The van der Waals surface area contributed by atoms with Gasteiger partial charge in [-0.3, -0.25) is 4.79 Å². The van der Waals surface area contributed by atoms with Gasteiger partial charge in [-0.05, 0) is 23.8 Å². The number of nitrogens with two attached hydrogens (primary N) is 1. The van der Waals surface area contributed by atoms with Gasteiger partial charge in [0.1, 0.15) is 5.65 Å². The third-order valence-corrected chi connectivity index (χ3v) is 1.85. The predicted octanol–water partition coefficient (Wildman–Crippen LogP) is 0.833. The highest BCUT2D eigenvalue weighted by atomic mass is 16.1. The van der Waals surface area contributed by atoms with Crippen LogP contribution in [0, 0.1) is 0 Å². The number of rotatable bonds is 2. The Balaban J connectivity index is 2.39. The van der Waals surface area contributed by atoms with Gasteiger partial charge in [-0.2, -0.15) is 0 Å². The summed E-state index contributed by atoms with van der Waals surface area (Å²) in [6.45, 7) is 0. The van der Waals surface area contributed by atoms with Gasteiger partial charge in [0.2, 0.25) is 5.91 Å². The molecule has 0 spiro atoms. The number of nitrogens with zero attached hydrogens (tertiary/aromatic N) is 2. The average molecular weight is 187 g/mol. The number of carbonyl (C=O) groups excluding carboxylic acids is 1. The van der Waals surface area contributed by atoms with E-state index in [9.17, 15) is 4.79 Å². The first-order valence-corrected chi connectivity index (χ1v) is 4.16. The van der Waals surface area contributed by atoms with Crippen LogP contribution in [0.5, 0.6) is 0 Å². The standard InChI is InChI=1S/C10H9N3O/c11-9(14)3-1-8-2-4-10-12-5-6-13(10)7-8/h1-7H,(H2,11,14)/b3-1-. The van der Waals surface area contributed by atoms with Crippen LogP contribution >= 0.6 is 0 Å². The molecule has 4 heteroatoms. The molecule has 0 aliphatic carbocycles. The molecule has 0 saturated heterocycles. The molecule has 1 amide bonds. The zero-order chi connectivity index (χ0) is 9.97. The fourth-order valence-electron chi connectivity index (χ4n) is 1.21. The molecule has 2 aromatic heterocycles. The minimum atomic E-state index is -0.448. The fourth-order valence-corrected chi connectivity index (χ4v) is 1.21. The highest BCUT2D eigenvalue weighted by Gasteiger charge is 1.93. The number of imidazole rings is 1. The van der Waals surface area contributed by atoms with Crippen molar-refractivity contribution >= 4 is 17.6 Å². The highest BCUT2D eigenvalue weighted by Crippen LogP contribution is 2.05. The quantitative estimate of drug-likeness (QED) is 0.708. The van der Waals surface area contributed by atoms with Crippen LogP contribution in [0.1, 0.15) is 5.56 Å². The number of pyridine rings is 1. The summed E-state index contributed by atoms with van der Waals surface area (Å²) in [6.07, 6.45) is 8.44. The summed E-state index contributed by atoms with van der Waals surface area (Å²) in [5, 5.41) is 0. The van der Waals surface area contributed by atoms with Crippen molar-refractivity contribution in [3.05, 3.63) is 42.4 Å². The van der Waals surface area contributed by atoms with Gasteiger partial charge in [-0.1, -0.05) is 0 Å². The van der Waals surface area contributed by atoms with Crippen molar-refractivity contribution in [2.45, 2.75) is 0 Å². The topological polar surface area (TPSA) is 60.4 Å². The van der Waals surface area contributed by atoms with Crippen molar-refractivity contribution in [3.8, 4) is 0 Å². The number of primary amides is 1. The van der Waals surface area contributed by atoms with E-state index in [0.29, 0.717) is 0 Å². The molecule has 0 aliphatic rings. The second-order valence-corrected chi connectivity index (χ2v) is 2.89. The first kappa shape index (κ1) is 8.50. The number of hydrogen-bond acceptors (Lipinski definition) is 2. The minimum Gasteiger partial charge on any atom is -0.366 e. The van der Waals surface area contributed by atoms with Gasteiger partial charge in [0.05, 0.1) is 0 Å². The molecule has 0 unspecified atom stereocenters. The molecule has 0 aromatic carbocycles. The summed E-state index contributed by atoms with van der Waals surface area (Å²) < 4.78 is 1.88. The van der Waals surface area contributed by atoms with Crippen molar-refractivity contribution in [2.24, 2.45) is 5.73 Å². The number of amides is 1. The monoisotopic (exact) mass is 187 g/mol. The van der Waals surface area contributed by atoms with E-state index in [-0.39, 0.29) is 0 Å². The minimum absolute atomic E-state index is 0.448. The van der Waals surface area contributed by atoms with Crippen molar-refractivity contribution in [3.63, 3.8) is 0 Å². The van der Waals surface area contributed by atoms with Gasteiger partial charge in [0.25, 0.3) is 0 Å². The second kappa shape index (κ2) is 3.33. The molecular formula is C10H9N3O. The van der Waals surface area contributed by atoms with Gasteiger partial charge in [-0.25, -0.2) is 4.98 Å². The van der Waals surface area contributed by atoms with Gasteiger partial charge in [-0.15, -0.1) is 0 Å². The van der Waals surface area contributed by atoms with Crippen LogP contribution in [-0.2, 0) is 4.79 Å². The molecule has 0 fully saturated rings. The van der Waals surface area contributed by atoms with Crippen molar-refractivity contribution in [1.29, 1.82) is 0 Å². The Kier molecular flexibility index (Phi) is 2.02. The molecule has 4 nitrogen and oxygen atoms in total. The maximum Gasteiger partial charge on any atom is 0.241 e. The Hall–Kier alpha value is -2.10. The summed E-state index contributed by atoms with van der Waals surface area (Å²) in [5.41, 5.74) is 6.78. The van der Waals surface area contributed by atoms with E-state index in [1.54, 1.807) is 12.3 Å². The van der Waals surface area contributed by atoms with Crippen molar-refractivity contribution in [1.82, 2.24) is 9.38 Å². The zero-order valence-corrected chi connectivity index (χ0v) is 7.42. The van der Waals surface area contributed by atoms with E-state index >= 15 is 0 Å². The molecule has 0 saturated carbocycles. The molecule has 0 atom stereocenters. The van der Waals surface area contributed by atoms with E-state index in [4.69, 9.17) is 5.73 Å². The van der Waals surface area contributed by atoms with Gasteiger partial charge >= 0.3 is 0 Å². The molecule has 2 heterocycles. The van der Waals surface area contributed by atoms with Crippen LogP contribution in [0.25, 0.3) is 11.7 Å². The molecule has 0 radical (unpaired) electrons. The van der Waals surface area contributed by atoms with E-state index in [0.717, 1.165) is 11.2 Å². The summed E-state index contributed by atoms with van der Waals surface area (Å²) >= 11 is 0. The highest BCUT2D eigenvalue weighted by molar-refractivity contribution is 5.90. The molecule has 0 aliphatic heterocycles. The van der Waals surface area contributed by atoms with Crippen LogP contribution < -0.4 is 5.73 Å². The zero-order valence-electron chi connectivity index (χ0n) is 7.42. The lowest BCUT2D eigenvalue weighted by molar-refractivity contribution is -0.113. The second-order valence-electron chi connectivity index (χ2n) is 2.89. The molecule has 14 heavy (non-hydrogen) atoms. The molecule has 70 valence electrons. The Morgan fingerprint density at radius 2 is 2.36 bits per heavy atom. The number of fused-ring (bicyclic) bond motifs is 1. The van der Waals surface area contributed by atoms with Gasteiger partial charge in [0.15, 0.2) is 0 Å². The molecule has 0 bridgehead atoms. The summed E-state index contributed by atoms with van der Waals surface area (Å²) in [5.74, 6) is -0.448. The number of hydrogen-bond donors (Lipinski definition) is 1. The molecule has 2 aromatic rings. The van der Waals surface area contributed by atoms with Crippen LogP contribution in [-0.4, -0.2) is 15.3 Å². The Morgan fingerprint density at radius 3 is 3.14 bits per heavy atom. The number of aromatic nitrogens is 2. The normalized spacial score (nSPS) is 11.1. The van der Waals surface area contributed by atoms with E-state index < -0.39 is 5.91 Å². The maximum atomic E-state index is 10.5. The SMILES string of the molecule is NC(=O)/C=C\c1ccc2nccn2c1. The van der Waals surface area contributed by atoms with Crippen LogP contribution in [0.15, 0.2) is 36.8 Å². The van der Waals surface area contributed by atoms with Gasteiger partial charge in [0, 0.05) is 24.7 Å². The lowest BCUT2D eigenvalue weighted by atomic mass is 10.2. The van der Waals surface area contributed by atoms with Crippen LogP contribution in [0.4, 0.5) is 0 Å². The van der Waals surface area contributed by atoms with E-state index in [2.05, 4.69) is 4.98 Å². The first-order chi connectivity index (χ1) is 6.75. The van der Waals surface area contributed by atoms with Crippen LogP contribution in [0.3, 0.4) is 0 Å². The predicted molar refractivity (Wildman–Crippen MR) is 53.4 cm³/mol. The van der Waals surface area contributed by atoms with E-state index in [1.807, 2.05) is 28.9 Å². The summed E-state index contributed by atoms with van der Waals surface area (Å²) in [6, 6.07) is 3.75. The van der Waals surface area contributed by atoms with Crippen molar-refractivity contribution < 1.29 is 4.79 Å². The van der Waals surface area contributed by atoms with E-state index in [1.165, 1.54) is 6.08 Å². The molecule has 2 N–H and O–H groups in total. The smallest absolute Gasteiger partial charge is 0.241 e. The lowest BCUT2D eigenvalue weighted by Crippen LogP contribution is -2.05. The maximum absolute atomic E-state index is 10.5. The number of carbonyl (C=O) groups is 1. The summed E-state index contributed by atoms with van der Waals surface area (Å²) in [4.78, 5) is 14.6. The largest absolute Gasteiger partial charge is 0.366 e. The van der Waals surface area contributed by atoms with Crippen LogP contribution in [0.2, 0.25) is 0 Å². The molecular weight excluding hydrogens is 178 g/mol. The summed E-state index contributed by atoms with van der Waals surface area (Å²) in [7, 11) is 0. The average Bonchev–Trinajstić information content (AvgIpc) is 2.61. The lowest BCUT2D eigenvalue weighted by Gasteiger charge is -1.95. The third kappa shape index (κ3) is 1.64. The third-order valence-electron chi connectivity index (χ3n) is 1.85. The van der Waals surface area contributed by atoms with Crippen molar-refractivity contribution in [2.75, 3.05) is 0 Å². The Labute approximate surface area is 80.7 Å².